The molecule has 0 bridgehead atoms. The minimum atomic E-state index is -0.378. The van der Waals surface area contributed by atoms with Crippen LogP contribution in [0.2, 0.25) is 10.0 Å². The van der Waals surface area contributed by atoms with Gasteiger partial charge in [-0.1, -0.05) is 35.3 Å². The molecule has 86 valence electrons. The van der Waals surface area contributed by atoms with Crippen molar-refractivity contribution in [2.24, 2.45) is 0 Å². The zero-order chi connectivity index (χ0) is 12.1. The molecule has 1 aromatic carbocycles. The van der Waals surface area contributed by atoms with E-state index in [2.05, 4.69) is 6.58 Å². The van der Waals surface area contributed by atoms with E-state index in [9.17, 15) is 4.79 Å². The summed E-state index contributed by atoms with van der Waals surface area (Å²) in [6.45, 7) is 3.62. The van der Waals surface area contributed by atoms with Crippen LogP contribution in [-0.4, -0.2) is 13.1 Å². The van der Waals surface area contributed by atoms with E-state index in [4.69, 9.17) is 27.9 Å². The summed E-state index contributed by atoms with van der Waals surface area (Å²) >= 11 is 11.7. The highest BCUT2D eigenvalue weighted by Crippen LogP contribution is 2.28. The number of esters is 1. The summed E-state index contributed by atoms with van der Waals surface area (Å²) in [7, 11) is 1.36. The third-order valence-corrected chi connectivity index (χ3v) is 2.97. The molecule has 0 aromatic heterocycles. The minimum Gasteiger partial charge on any atom is -0.469 e. The Morgan fingerprint density at radius 3 is 2.69 bits per heavy atom. The molecule has 0 aliphatic carbocycles. The van der Waals surface area contributed by atoms with Crippen LogP contribution in [0.25, 0.3) is 0 Å². The van der Waals surface area contributed by atoms with Crippen LogP contribution in [0.15, 0.2) is 30.9 Å². The number of benzene rings is 1. The number of methoxy groups -OCH3 is 1. The number of rotatable bonds is 4. The number of halogens is 2. The lowest BCUT2D eigenvalue weighted by Gasteiger charge is -2.13. The van der Waals surface area contributed by atoms with E-state index in [0.29, 0.717) is 16.5 Å². The minimum absolute atomic E-state index is 0.307. The van der Waals surface area contributed by atoms with E-state index in [1.165, 1.54) is 7.11 Å². The van der Waals surface area contributed by atoms with Gasteiger partial charge in [-0.25, -0.2) is 0 Å². The second-order valence-corrected chi connectivity index (χ2v) is 4.09. The lowest BCUT2D eigenvalue weighted by Crippen LogP contribution is -2.13. The molecule has 0 amide bonds. The van der Waals surface area contributed by atoms with E-state index >= 15 is 0 Å². The standard InChI is InChI=1S/C12H12Cl2O2/c1-3-4-9(12(15)16-2)8-5-6-10(13)11(14)7-8/h3,5-7,9H,1,4H2,2H3. The normalized spacial score (nSPS) is 11.9. The van der Waals surface area contributed by atoms with Crippen molar-refractivity contribution in [1.29, 1.82) is 0 Å². The van der Waals surface area contributed by atoms with Gasteiger partial charge in [0.1, 0.15) is 0 Å². The van der Waals surface area contributed by atoms with Crippen LogP contribution in [0.1, 0.15) is 17.9 Å². The Morgan fingerprint density at radius 2 is 2.19 bits per heavy atom. The monoisotopic (exact) mass is 258 g/mol. The van der Waals surface area contributed by atoms with E-state index in [1.807, 2.05) is 0 Å². The zero-order valence-electron chi connectivity index (χ0n) is 8.87. The summed E-state index contributed by atoms with van der Waals surface area (Å²) in [5, 5.41) is 0.893. The summed E-state index contributed by atoms with van der Waals surface area (Å²) in [5.74, 6) is -0.685. The van der Waals surface area contributed by atoms with Gasteiger partial charge in [0, 0.05) is 0 Å². The predicted octanol–water partition coefficient (Wildman–Crippen LogP) is 3.83. The Morgan fingerprint density at radius 1 is 1.50 bits per heavy atom. The van der Waals surface area contributed by atoms with Crippen molar-refractivity contribution < 1.29 is 9.53 Å². The highest BCUT2D eigenvalue weighted by molar-refractivity contribution is 6.42. The van der Waals surface area contributed by atoms with Crippen molar-refractivity contribution in [3.63, 3.8) is 0 Å². The van der Waals surface area contributed by atoms with E-state index in [1.54, 1.807) is 24.3 Å². The first kappa shape index (κ1) is 13.1. The number of carbonyl (C=O) groups is 1. The van der Waals surface area contributed by atoms with Gasteiger partial charge in [0.05, 0.1) is 23.1 Å². The molecule has 1 rings (SSSR count). The summed E-state index contributed by atoms with van der Waals surface area (Å²) in [5.41, 5.74) is 0.779. The van der Waals surface area contributed by atoms with E-state index in [-0.39, 0.29) is 11.9 Å². The van der Waals surface area contributed by atoms with Crippen LogP contribution in [0.4, 0.5) is 0 Å². The molecule has 0 radical (unpaired) electrons. The fraction of sp³-hybridized carbons (Fsp3) is 0.250. The summed E-state index contributed by atoms with van der Waals surface area (Å²) < 4.78 is 4.73. The van der Waals surface area contributed by atoms with Crippen LogP contribution in [-0.2, 0) is 9.53 Å². The molecule has 0 heterocycles. The smallest absolute Gasteiger partial charge is 0.313 e. The Bertz CT molecular complexity index is 402. The van der Waals surface area contributed by atoms with Gasteiger partial charge in [0.25, 0.3) is 0 Å². The van der Waals surface area contributed by atoms with Gasteiger partial charge < -0.3 is 4.74 Å². The van der Waals surface area contributed by atoms with Crippen molar-refractivity contribution >= 4 is 29.2 Å². The van der Waals surface area contributed by atoms with Gasteiger partial charge in [-0.15, -0.1) is 6.58 Å². The molecule has 4 heteroatoms. The van der Waals surface area contributed by atoms with Crippen molar-refractivity contribution in [2.45, 2.75) is 12.3 Å². The molecule has 0 fully saturated rings. The number of hydrogen-bond donors (Lipinski definition) is 0. The van der Waals surface area contributed by atoms with Crippen LogP contribution in [0, 0.1) is 0 Å². The quantitative estimate of drug-likeness (QED) is 0.606. The van der Waals surface area contributed by atoms with Crippen molar-refractivity contribution in [2.75, 3.05) is 7.11 Å². The maximum Gasteiger partial charge on any atom is 0.313 e. The van der Waals surface area contributed by atoms with Crippen LogP contribution in [0.3, 0.4) is 0 Å². The summed E-state index contributed by atoms with van der Waals surface area (Å²) in [6, 6.07) is 5.10. The molecular formula is C12H12Cl2O2. The van der Waals surface area contributed by atoms with Gasteiger partial charge in [-0.2, -0.15) is 0 Å². The maximum absolute atomic E-state index is 11.6. The predicted molar refractivity (Wildman–Crippen MR) is 66.0 cm³/mol. The highest BCUT2D eigenvalue weighted by atomic mass is 35.5. The van der Waals surface area contributed by atoms with Gasteiger partial charge in [-0.05, 0) is 24.1 Å². The van der Waals surface area contributed by atoms with Crippen molar-refractivity contribution in [3.8, 4) is 0 Å². The molecule has 1 unspecified atom stereocenters. The van der Waals surface area contributed by atoms with Gasteiger partial charge in [-0.3, -0.25) is 4.79 Å². The molecule has 0 aliphatic heterocycles. The van der Waals surface area contributed by atoms with E-state index < -0.39 is 0 Å². The molecule has 1 aromatic rings. The number of carbonyl (C=O) groups excluding carboxylic acids is 1. The van der Waals surface area contributed by atoms with Gasteiger partial charge >= 0.3 is 5.97 Å². The largest absolute Gasteiger partial charge is 0.469 e. The SMILES string of the molecule is C=CCC(C(=O)OC)c1ccc(Cl)c(Cl)c1. The second-order valence-electron chi connectivity index (χ2n) is 3.27. The second kappa shape index (κ2) is 5.92. The van der Waals surface area contributed by atoms with Gasteiger partial charge in [0.15, 0.2) is 0 Å². The first-order valence-electron chi connectivity index (χ1n) is 4.73. The molecule has 0 spiro atoms. The van der Waals surface area contributed by atoms with Gasteiger partial charge in [0.2, 0.25) is 0 Å². The number of ether oxygens (including phenoxy) is 1. The topological polar surface area (TPSA) is 26.3 Å². The van der Waals surface area contributed by atoms with Crippen LogP contribution >= 0.6 is 23.2 Å². The highest BCUT2D eigenvalue weighted by Gasteiger charge is 2.20. The molecule has 0 N–H and O–H groups in total. The van der Waals surface area contributed by atoms with Crippen molar-refractivity contribution in [3.05, 3.63) is 46.5 Å². The summed E-state index contributed by atoms with van der Waals surface area (Å²) in [4.78, 5) is 11.6. The number of hydrogen-bond acceptors (Lipinski definition) is 2. The molecule has 0 aliphatic rings. The lowest BCUT2D eigenvalue weighted by molar-refractivity contribution is -0.142. The Labute approximate surface area is 105 Å². The molecular weight excluding hydrogens is 247 g/mol. The third-order valence-electron chi connectivity index (χ3n) is 2.23. The van der Waals surface area contributed by atoms with E-state index in [0.717, 1.165) is 5.56 Å². The third kappa shape index (κ3) is 3.00. The maximum atomic E-state index is 11.6. The van der Waals surface area contributed by atoms with Crippen molar-refractivity contribution in [1.82, 2.24) is 0 Å². The molecule has 0 saturated heterocycles. The average molecular weight is 259 g/mol. The first-order valence-corrected chi connectivity index (χ1v) is 5.49. The zero-order valence-corrected chi connectivity index (χ0v) is 10.4. The van der Waals surface area contributed by atoms with Crippen LogP contribution in [0.5, 0.6) is 0 Å². The van der Waals surface area contributed by atoms with Crippen LogP contribution < -0.4 is 0 Å². The first-order chi connectivity index (χ1) is 7.60. The fourth-order valence-electron chi connectivity index (χ4n) is 1.41. The molecule has 16 heavy (non-hydrogen) atoms. The Balaban J connectivity index is 3.05. The lowest BCUT2D eigenvalue weighted by atomic mass is 9.96. The molecule has 2 nitrogen and oxygen atoms in total. The summed E-state index contributed by atoms with van der Waals surface area (Å²) in [6.07, 6.45) is 2.18. The average Bonchev–Trinajstić information content (AvgIpc) is 2.29. The Kier molecular flexibility index (Phi) is 4.84. The Hall–Kier alpha value is -0.990. The molecule has 1 atom stereocenters. The number of allylic oxidation sites excluding steroid dienone is 1. The fourth-order valence-corrected chi connectivity index (χ4v) is 1.71. The molecule has 0 saturated carbocycles.